The molecule has 0 atom stereocenters. The summed E-state index contributed by atoms with van der Waals surface area (Å²) in [7, 11) is 0. The lowest BCUT2D eigenvalue weighted by Gasteiger charge is -2.28. The van der Waals surface area contributed by atoms with Crippen LogP contribution >= 0.6 is 12.2 Å². The highest BCUT2D eigenvalue weighted by Gasteiger charge is 2.21. The van der Waals surface area contributed by atoms with Crippen LogP contribution in [0.3, 0.4) is 0 Å². The first-order chi connectivity index (χ1) is 9.08. The van der Waals surface area contributed by atoms with Gasteiger partial charge < -0.3 is 20.7 Å². The summed E-state index contributed by atoms with van der Waals surface area (Å²) in [6.07, 6.45) is 0. The molecule has 1 fully saturated rings. The van der Waals surface area contributed by atoms with Crippen molar-refractivity contribution in [3.63, 3.8) is 0 Å². The number of nitro benzene ring substituents is 1. The number of rotatable bonds is 3. The molecule has 1 saturated heterocycles. The van der Waals surface area contributed by atoms with E-state index in [1.54, 1.807) is 12.1 Å². The fourth-order valence-corrected chi connectivity index (χ4v) is 2.08. The molecule has 0 saturated carbocycles. The maximum Gasteiger partial charge on any atom is 0.294 e. The first-order valence-electron chi connectivity index (χ1n) is 5.75. The predicted octanol–water partition coefficient (Wildman–Crippen LogP) is 1.09. The van der Waals surface area contributed by atoms with Crippen LogP contribution in [0.5, 0.6) is 0 Å². The maximum absolute atomic E-state index is 11.2. The number of morpholine rings is 1. The smallest absolute Gasteiger partial charge is 0.294 e. The van der Waals surface area contributed by atoms with Gasteiger partial charge in [-0.05, 0) is 24.4 Å². The van der Waals surface area contributed by atoms with Crippen LogP contribution in [0.25, 0.3) is 0 Å². The summed E-state index contributed by atoms with van der Waals surface area (Å²) in [5.41, 5.74) is 6.48. The Kier molecular flexibility index (Phi) is 4.13. The summed E-state index contributed by atoms with van der Waals surface area (Å²) in [4.78, 5) is 12.7. The van der Waals surface area contributed by atoms with E-state index in [9.17, 15) is 10.1 Å². The zero-order valence-electron chi connectivity index (χ0n) is 10.2. The van der Waals surface area contributed by atoms with Crippen LogP contribution in [0.15, 0.2) is 18.2 Å². The number of anilines is 2. The molecule has 0 unspecified atom stereocenters. The summed E-state index contributed by atoms with van der Waals surface area (Å²) in [6, 6.07) is 4.85. The summed E-state index contributed by atoms with van der Waals surface area (Å²) >= 11 is 4.71. The number of ether oxygens (including phenoxy) is 1. The third-order valence-corrected chi connectivity index (χ3v) is 2.89. The Hall–Kier alpha value is -1.93. The standard InChI is InChI=1S/C11H14N4O3S/c12-11(19)13-8-1-2-9(10(7-8)15(16)17)14-3-5-18-6-4-14/h1-2,7H,3-6H2,(H3,12,13,19). The second-order valence-corrected chi connectivity index (χ2v) is 4.49. The fourth-order valence-electron chi connectivity index (χ4n) is 1.96. The molecule has 1 aromatic carbocycles. The van der Waals surface area contributed by atoms with Gasteiger partial charge in [0.25, 0.3) is 5.69 Å². The molecule has 7 nitrogen and oxygen atoms in total. The summed E-state index contributed by atoms with van der Waals surface area (Å²) in [6.45, 7) is 2.43. The van der Waals surface area contributed by atoms with Gasteiger partial charge >= 0.3 is 0 Å². The minimum Gasteiger partial charge on any atom is -0.378 e. The Morgan fingerprint density at radius 3 is 2.74 bits per heavy atom. The number of nitro groups is 1. The number of thiocarbonyl (C=S) groups is 1. The minimum atomic E-state index is -0.407. The SMILES string of the molecule is NC(=S)Nc1ccc(N2CCOCC2)c([N+](=O)[O-])c1. The van der Waals surface area contributed by atoms with E-state index in [1.807, 2.05) is 4.90 Å². The summed E-state index contributed by atoms with van der Waals surface area (Å²) in [5, 5.41) is 13.9. The lowest BCUT2D eigenvalue weighted by Crippen LogP contribution is -2.36. The summed E-state index contributed by atoms with van der Waals surface area (Å²) < 4.78 is 5.24. The van der Waals surface area contributed by atoms with E-state index in [2.05, 4.69) is 5.32 Å². The summed E-state index contributed by atoms with van der Waals surface area (Å²) in [5.74, 6) is 0. The largest absolute Gasteiger partial charge is 0.378 e. The first kappa shape index (κ1) is 13.5. The fraction of sp³-hybridized carbons (Fsp3) is 0.364. The van der Waals surface area contributed by atoms with Gasteiger partial charge in [-0.3, -0.25) is 10.1 Å². The van der Waals surface area contributed by atoms with Crippen LogP contribution in [0.2, 0.25) is 0 Å². The van der Waals surface area contributed by atoms with Crippen molar-refractivity contribution in [1.82, 2.24) is 0 Å². The Labute approximate surface area is 115 Å². The van der Waals surface area contributed by atoms with Gasteiger partial charge in [0.1, 0.15) is 5.69 Å². The van der Waals surface area contributed by atoms with Gasteiger partial charge in [0.2, 0.25) is 0 Å². The monoisotopic (exact) mass is 282 g/mol. The molecule has 1 aliphatic rings. The van der Waals surface area contributed by atoms with Gasteiger partial charge in [-0.25, -0.2) is 0 Å². The molecule has 0 aromatic heterocycles. The Morgan fingerprint density at radius 2 is 2.16 bits per heavy atom. The van der Waals surface area contributed by atoms with E-state index in [-0.39, 0.29) is 10.8 Å². The van der Waals surface area contributed by atoms with E-state index >= 15 is 0 Å². The Balaban J connectivity index is 2.31. The normalized spacial score (nSPS) is 15.1. The predicted molar refractivity (Wildman–Crippen MR) is 76.5 cm³/mol. The van der Waals surface area contributed by atoms with Gasteiger partial charge in [-0.15, -0.1) is 0 Å². The van der Waals surface area contributed by atoms with Crippen LogP contribution in [0, 0.1) is 10.1 Å². The van der Waals surface area contributed by atoms with Gasteiger partial charge in [-0.2, -0.15) is 0 Å². The number of nitrogens with two attached hydrogens (primary N) is 1. The Morgan fingerprint density at radius 1 is 1.47 bits per heavy atom. The van der Waals surface area contributed by atoms with Crippen LogP contribution in [0.4, 0.5) is 17.1 Å². The minimum absolute atomic E-state index is 0.0307. The number of benzene rings is 1. The highest BCUT2D eigenvalue weighted by molar-refractivity contribution is 7.80. The molecular formula is C11H14N4O3S. The lowest BCUT2D eigenvalue weighted by molar-refractivity contribution is -0.384. The third kappa shape index (κ3) is 3.30. The second-order valence-electron chi connectivity index (χ2n) is 4.05. The molecule has 0 bridgehead atoms. The lowest BCUT2D eigenvalue weighted by atomic mass is 10.2. The van der Waals surface area contributed by atoms with Gasteiger partial charge in [0.15, 0.2) is 5.11 Å². The van der Waals surface area contributed by atoms with E-state index in [4.69, 9.17) is 22.7 Å². The molecule has 102 valence electrons. The van der Waals surface area contributed by atoms with Gasteiger partial charge in [-0.1, -0.05) is 0 Å². The maximum atomic E-state index is 11.2. The van der Waals surface area contributed by atoms with Crippen molar-refractivity contribution in [2.45, 2.75) is 0 Å². The van der Waals surface area contributed by atoms with Crippen LogP contribution in [-0.2, 0) is 4.74 Å². The molecule has 0 aliphatic carbocycles. The first-order valence-corrected chi connectivity index (χ1v) is 6.16. The van der Waals surface area contributed by atoms with Crippen LogP contribution in [0.1, 0.15) is 0 Å². The molecule has 1 aliphatic heterocycles. The molecule has 1 heterocycles. The van der Waals surface area contributed by atoms with Crippen molar-refractivity contribution >= 4 is 34.4 Å². The topological polar surface area (TPSA) is 93.7 Å². The number of hydrogen-bond donors (Lipinski definition) is 2. The van der Waals surface area contributed by atoms with E-state index in [0.717, 1.165) is 0 Å². The van der Waals surface area contributed by atoms with E-state index < -0.39 is 4.92 Å². The van der Waals surface area contributed by atoms with Crippen LogP contribution < -0.4 is 16.0 Å². The Bertz CT molecular complexity index is 503. The number of nitrogens with zero attached hydrogens (tertiary/aromatic N) is 2. The molecule has 19 heavy (non-hydrogen) atoms. The average molecular weight is 282 g/mol. The van der Waals surface area contributed by atoms with E-state index in [1.165, 1.54) is 6.07 Å². The highest BCUT2D eigenvalue weighted by atomic mass is 32.1. The van der Waals surface area contributed by atoms with Crippen molar-refractivity contribution < 1.29 is 9.66 Å². The molecule has 8 heteroatoms. The second kappa shape index (κ2) is 5.81. The van der Waals surface area contributed by atoms with Gasteiger partial charge in [0.05, 0.1) is 18.1 Å². The van der Waals surface area contributed by atoms with Crippen molar-refractivity contribution in [1.29, 1.82) is 0 Å². The molecule has 0 amide bonds. The molecule has 1 aromatic rings. The van der Waals surface area contributed by atoms with Gasteiger partial charge in [0, 0.05) is 24.8 Å². The zero-order chi connectivity index (χ0) is 13.8. The van der Waals surface area contributed by atoms with Crippen LogP contribution in [-0.4, -0.2) is 36.3 Å². The van der Waals surface area contributed by atoms with E-state index in [0.29, 0.717) is 37.7 Å². The third-order valence-electron chi connectivity index (χ3n) is 2.79. The molecule has 3 N–H and O–H groups in total. The molecule has 2 rings (SSSR count). The van der Waals surface area contributed by atoms with Crippen molar-refractivity contribution in [2.24, 2.45) is 5.73 Å². The number of nitrogens with one attached hydrogen (secondary N) is 1. The number of hydrogen-bond acceptors (Lipinski definition) is 5. The average Bonchev–Trinajstić information content (AvgIpc) is 2.39. The molecule has 0 radical (unpaired) electrons. The van der Waals surface area contributed by atoms with Crippen molar-refractivity contribution in [3.8, 4) is 0 Å². The quantitative estimate of drug-likeness (QED) is 0.487. The highest BCUT2D eigenvalue weighted by Crippen LogP contribution is 2.31. The van der Waals surface area contributed by atoms with Crippen molar-refractivity contribution in [2.75, 3.05) is 36.5 Å². The zero-order valence-corrected chi connectivity index (χ0v) is 11.0. The molecular weight excluding hydrogens is 268 g/mol. The molecule has 0 spiro atoms. The van der Waals surface area contributed by atoms with Crippen molar-refractivity contribution in [3.05, 3.63) is 28.3 Å².